The van der Waals surface area contributed by atoms with Crippen molar-refractivity contribution in [3.05, 3.63) is 56.9 Å². The molecule has 1 saturated heterocycles. The molecule has 0 aromatic heterocycles. The summed E-state index contributed by atoms with van der Waals surface area (Å²) in [6.45, 7) is 3.98. The first-order valence-electron chi connectivity index (χ1n) is 9.46. The molecule has 2 amide bonds. The van der Waals surface area contributed by atoms with E-state index in [1.54, 1.807) is 12.1 Å². The van der Waals surface area contributed by atoms with Crippen molar-refractivity contribution >= 4 is 63.5 Å². The van der Waals surface area contributed by atoms with Crippen molar-refractivity contribution < 1.29 is 23.5 Å². The predicted molar refractivity (Wildman–Crippen MR) is 129 cm³/mol. The van der Waals surface area contributed by atoms with E-state index in [9.17, 15) is 14.0 Å². The lowest BCUT2D eigenvalue weighted by Crippen LogP contribution is -2.54. The van der Waals surface area contributed by atoms with E-state index in [1.165, 1.54) is 37.5 Å². The molecular formula is C22H20FIN2O4S. The van der Waals surface area contributed by atoms with Gasteiger partial charge in [-0.15, -0.1) is 0 Å². The zero-order valence-corrected chi connectivity index (χ0v) is 20.0. The number of thiocarbonyl (C=S) groups is 1. The number of carbonyl (C=O) groups excluding carboxylic acids is 2. The summed E-state index contributed by atoms with van der Waals surface area (Å²) in [4.78, 5) is 26.8. The molecule has 1 atom stereocenters. The second-order valence-corrected chi connectivity index (χ2v) is 8.35. The van der Waals surface area contributed by atoms with Gasteiger partial charge in [0.1, 0.15) is 11.4 Å². The molecule has 1 aliphatic rings. The van der Waals surface area contributed by atoms with Crippen LogP contribution in [0.2, 0.25) is 0 Å². The highest BCUT2D eigenvalue weighted by Crippen LogP contribution is 2.36. The molecule has 2 aromatic rings. The van der Waals surface area contributed by atoms with Crippen molar-refractivity contribution in [1.82, 2.24) is 5.32 Å². The SMILES string of the molecule is CC[C@@H](C)Oc1c(I)cc(/C=C2\C(=O)NC(=S)N(c3ccc(F)cc3)C2=O)cc1OC. The normalized spacial score (nSPS) is 16.4. The number of carbonyl (C=O) groups is 2. The van der Waals surface area contributed by atoms with Crippen molar-refractivity contribution in [2.45, 2.75) is 26.4 Å². The van der Waals surface area contributed by atoms with Crippen molar-refractivity contribution in [1.29, 1.82) is 0 Å². The maximum absolute atomic E-state index is 13.3. The second kappa shape index (κ2) is 9.73. The van der Waals surface area contributed by atoms with E-state index >= 15 is 0 Å². The summed E-state index contributed by atoms with van der Waals surface area (Å²) in [5.41, 5.74) is 0.835. The highest BCUT2D eigenvalue weighted by atomic mass is 127. The third-order valence-corrected chi connectivity index (χ3v) is 5.73. The van der Waals surface area contributed by atoms with Crippen LogP contribution >= 0.6 is 34.8 Å². The van der Waals surface area contributed by atoms with E-state index in [-0.39, 0.29) is 16.8 Å². The quantitative estimate of drug-likeness (QED) is 0.248. The molecule has 0 radical (unpaired) electrons. The van der Waals surface area contributed by atoms with E-state index in [0.29, 0.717) is 22.7 Å². The van der Waals surface area contributed by atoms with Crippen LogP contribution < -0.4 is 19.7 Å². The molecule has 0 unspecified atom stereocenters. The van der Waals surface area contributed by atoms with Crippen LogP contribution in [0.15, 0.2) is 42.0 Å². The Morgan fingerprint density at radius 1 is 1.26 bits per heavy atom. The number of rotatable bonds is 6. The lowest BCUT2D eigenvalue weighted by atomic mass is 10.1. The molecule has 2 aromatic carbocycles. The fourth-order valence-corrected chi connectivity index (χ4v) is 3.90. The summed E-state index contributed by atoms with van der Waals surface area (Å²) in [5, 5.41) is 2.44. The minimum atomic E-state index is -0.609. The first-order chi connectivity index (χ1) is 14.7. The number of nitrogens with one attached hydrogen (secondary N) is 1. The molecule has 9 heteroatoms. The maximum Gasteiger partial charge on any atom is 0.270 e. The van der Waals surface area contributed by atoms with Gasteiger partial charge in [0.2, 0.25) is 0 Å². The average Bonchev–Trinajstić information content (AvgIpc) is 2.73. The first-order valence-corrected chi connectivity index (χ1v) is 10.9. The number of amides is 2. The third kappa shape index (κ3) is 5.04. The van der Waals surface area contributed by atoms with E-state index in [4.69, 9.17) is 21.7 Å². The van der Waals surface area contributed by atoms with E-state index in [1.807, 2.05) is 13.8 Å². The van der Waals surface area contributed by atoms with Gasteiger partial charge in [0.25, 0.3) is 11.8 Å². The highest BCUT2D eigenvalue weighted by molar-refractivity contribution is 14.1. The van der Waals surface area contributed by atoms with Gasteiger partial charge in [-0.25, -0.2) is 4.39 Å². The number of hydrogen-bond acceptors (Lipinski definition) is 5. The Balaban J connectivity index is 2.00. The summed E-state index contributed by atoms with van der Waals surface area (Å²) in [5.74, 6) is -0.557. The Morgan fingerprint density at radius 3 is 2.55 bits per heavy atom. The predicted octanol–water partition coefficient (Wildman–Crippen LogP) is 4.45. The van der Waals surface area contributed by atoms with Gasteiger partial charge < -0.3 is 9.47 Å². The van der Waals surface area contributed by atoms with Crippen molar-refractivity contribution in [3.63, 3.8) is 0 Å². The van der Waals surface area contributed by atoms with Gasteiger partial charge in [0, 0.05) is 0 Å². The van der Waals surface area contributed by atoms with Crippen LogP contribution in [0.4, 0.5) is 10.1 Å². The van der Waals surface area contributed by atoms with Gasteiger partial charge in [-0.1, -0.05) is 6.92 Å². The molecule has 3 rings (SSSR count). The third-order valence-electron chi connectivity index (χ3n) is 4.64. The molecule has 0 spiro atoms. The van der Waals surface area contributed by atoms with E-state index in [2.05, 4.69) is 27.9 Å². The monoisotopic (exact) mass is 554 g/mol. The topological polar surface area (TPSA) is 67.9 Å². The largest absolute Gasteiger partial charge is 0.493 e. The summed E-state index contributed by atoms with van der Waals surface area (Å²) in [6, 6.07) is 8.76. The number of nitrogens with zero attached hydrogens (tertiary/aromatic N) is 1. The molecular weight excluding hydrogens is 534 g/mol. The Bertz CT molecular complexity index is 1070. The van der Waals surface area contributed by atoms with Crippen LogP contribution in [-0.2, 0) is 9.59 Å². The molecule has 31 heavy (non-hydrogen) atoms. The van der Waals surface area contributed by atoms with Crippen LogP contribution in [0, 0.1) is 9.39 Å². The summed E-state index contributed by atoms with van der Waals surface area (Å²) in [6.07, 6.45) is 2.30. The number of anilines is 1. The van der Waals surface area contributed by atoms with Gasteiger partial charge in [-0.3, -0.25) is 19.8 Å². The number of hydrogen-bond donors (Lipinski definition) is 1. The molecule has 1 fully saturated rings. The number of halogens is 2. The Hall–Kier alpha value is -2.53. The molecule has 0 aliphatic carbocycles. The Labute approximate surface area is 198 Å². The minimum absolute atomic E-state index is 0.00241. The Morgan fingerprint density at radius 2 is 1.94 bits per heavy atom. The van der Waals surface area contributed by atoms with Crippen LogP contribution in [0.1, 0.15) is 25.8 Å². The average molecular weight is 554 g/mol. The fraction of sp³-hybridized carbons (Fsp3) is 0.227. The molecule has 1 heterocycles. The van der Waals surface area contributed by atoms with Gasteiger partial charge in [-0.2, -0.15) is 0 Å². The summed E-state index contributed by atoms with van der Waals surface area (Å²) in [7, 11) is 1.53. The number of benzene rings is 2. The molecule has 162 valence electrons. The minimum Gasteiger partial charge on any atom is -0.493 e. The smallest absolute Gasteiger partial charge is 0.270 e. The van der Waals surface area contributed by atoms with Crippen LogP contribution in [0.25, 0.3) is 6.08 Å². The van der Waals surface area contributed by atoms with Crippen molar-refractivity contribution in [2.75, 3.05) is 12.0 Å². The molecule has 1 aliphatic heterocycles. The van der Waals surface area contributed by atoms with Gasteiger partial charge in [-0.05, 0) is 96.2 Å². The van der Waals surface area contributed by atoms with Crippen molar-refractivity contribution in [2.24, 2.45) is 0 Å². The fourth-order valence-electron chi connectivity index (χ4n) is 2.87. The summed E-state index contributed by atoms with van der Waals surface area (Å²) >= 11 is 7.28. The van der Waals surface area contributed by atoms with Gasteiger partial charge in [0.15, 0.2) is 16.6 Å². The molecule has 0 bridgehead atoms. The summed E-state index contributed by atoms with van der Waals surface area (Å²) < 4.78 is 25.5. The number of methoxy groups -OCH3 is 1. The highest BCUT2D eigenvalue weighted by Gasteiger charge is 2.34. The van der Waals surface area contributed by atoms with Crippen LogP contribution in [-0.4, -0.2) is 30.1 Å². The van der Waals surface area contributed by atoms with E-state index < -0.39 is 17.6 Å². The van der Waals surface area contributed by atoms with Gasteiger partial charge in [0.05, 0.1) is 22.5 Å². The zero-order valence-electron chi connectivity index (χ0n) is 17.1. The second-order valence-electron chi connectivity index (χ2n) is 6.81. The van der Waals surface area contributed by atoms with E-state index in [0.717, 1.165) is 14.9 Å². The maximum atomic E-state index is 13.3. The standard InChI is InChI=1S/C22H20FIN2O4S/c1-4-12(2)30-19-17(24)10-13(11-18(19)29-3)9-16-20(27)25-22(31)26(21(16)28)15-7-5-14(23)6-8-15/h5-12H,4H2,1-3H3,(H,25,27,31)/b16-9+/t12-/m1/s1. The van der Waals surface area contributed by atoms with Crippen molar-refractivity contribution in [3.8, 4) is 11.5 Å². The lowest BCUT2D eigenvalue weighted by molar-refractivity contribution is -0.122. The molecule has 1 N–H and O–H groups in total. The van der Waals surface area contributed by atoms with Crippen LogP contribution in [0.3, 0.4) is 0 Å². The lowest BCUT2D eigenvalue weighted by Gasteiger charge is -2.29. The zero-order chi connectivity index (χ0) is 22.7. The van der Waals surface area contributed by atoms with Gasteiger partial charge >= 0.3 is 0 Å². The number of ether oxygens (including phenoxy) is 2. The molecule has 6 nitrogen and oxygen atoms in total. The molecule has 0 saturated carbocycles. The first kappa shape index (κ1) is 23.1. The van der Waals surface area contributed by atoms with Crippen LogP contribution in [0.5, 0.6) is 11.5 Å². The Kier molecular flexibility index (Phi) is 7.26.